The van der Waals surface area contributed by atoms with Gasteiger partial charge in [0.05, 0.1) is 0 Å². The summed E-state index contributed by atoms with van der Waals surface area (Å²) in [6.07, 6.45) is 1.01. The molecule has 1 unspecified atom stereocenters. The molecule has 1 atom stereocenters. The van der Waals surface area contributed by atoms with Gasteiger partial charge in [-0.15, -0.1) is 0 Å². The Labute approximate surface area is 130 Å². The van der Waals surface area contributed by atoms with E-state index in [-0.39, 0.29) is 0 Å². The molecule has 1 N–H and O–H groups in total. The summed E-state index contributed by atoms with van der Waals surface area (Å²) in [5.41, 5.74) is 3.52. The van der Waals surface area contributed by atoms with E-state index in [2.05, 4.69) is 30.4 Å². The lowest BCUT2D eigenvalue weighted by molar-refractivity contribution is 0.519. The molecular formula is C17H19Cl2N. The molecule has 2 aromatic carbocycles. The fourth-order valence-corrected chi connectivity index (χ4v) is 2.61. The van der Waals surface area contributed by atoms with Gasteiger partial charge in [-0.1, -0.05) is 54.4 Å². The fraction of sp³-hybridized carbons (Fsp3) is 0.294. The smallest absolute Gasteiger partial charge is 0.0438 e. The summed E-state index contributed by atoms with van der Waals surface area (Å²) in [7, 11) is 0. The number of halogens is 2. The van der Waals surface area contributed by atoms with Crippen LogP contribution >= 0.6 is 23.2 Å². The molecule has 0 saturated carbocycles. The molecule has 0 amide bonds. The lowest BCUT2D eigenvalue weighted by Gasteiger charge is -2.18. The van der Waals surface area contributed by atoms with Gasteiger partial charge < -0.3 is 5.32 Å². The van der Waals surface area contributed by atoms with Crippen molar-refractivity contribution >= 4 is 23.2 Å². The van der Waals surface area contributed by atoms with Crippen molar-refractivity contribution in [2.45, 2.75) is 32.9 Å². The van der Waals surface area contributed by atoms with Crippen molar-refractivity contribution in [2.24, 2.45) is 0 Å². The van der Waals surface area contributed by atoms with Gasteiger partial charge in [-0.3, -0.25) is 0 Å². The first-order valence-corrected chi connectivity index (χ1v) is 7.59. The summed E-state index contributed by atoms with van der Waals surface area (Å²) < 4.78 is 0. The number of rotatable bonds is 5. The molecule has 0 aromatic heterocycles. The van der Waals surface area contributed by atoms with Crippen molar-refractivity contribution in [2.75, 3.05) is 0 Å². The second-order valence-corrected chi connectivity index (χ2v) is 5.82. The van der Waals surface area contributed by atoms with Gasteiger partial charge in [0, 0.05) is 22.6 Å². The molecule has 3 heteroatoms. The minimum atomic E-state index is 0.300. The summed E-state index contributed by atoms with van der Waals surface area (Å²) in [6, 6.07) is 14.5. The van der Waals surface area contributed by atoms with E-state index in [9.17, 15) is 0 Å². The molecule has 0 spiro atoms. The molecule has 0 heterocycles. The van der Waals surface area contributed by atoms with Crippen LogP contribution in [0.3, 0.4) is 0 Å². The Morgan fingerprint density at radius 3 is 2.55 bits per heavy atom. The van der Waals surface area contributed by atoms with Crippen molar-refractivity contribution in [1.29, 1.82) is 0 Å². The minimum absolute atomic E-state index is 0.300. The molecule has 1 nitrogen and oxygen atoms in total. The first-order chi connectivity index (χ1) is 9.60. The van der Waals surface area contributed by atoms with E-state index in [1.54, 1.807) is 0 Å². The fourth-order valence-electron chi connectivity index (χ4n) is 2.21. The highest BCUT2D eigenvalue weighted by Gasteiger charge is 2.09. The van der Waals surface area contributed by atoms with E-state index in [0.717, 1.165) is 28.6 Å². The number of hydrogen-bond donors (Lipinski definition) is 1. The maximum absolute atomic E-state index is 6.16. The molecular weight excluding hydrogens is 289 g/mol. The van der Waals surface area contributed by atoms with Gasteiger partial charge in [-0.05, 0) is 48.2 Å². The van der Waals surface area contributed by atoms with E-state index in [1.165, 1.54) is 11.1 Å². The predicted octanol–water partition coefficient (Wildman–Crippen LogP) is 5.54. The lowest BCUT2D eigenvalue weighted by atomic mass is 10.0. The highest BCUT2D eigenvalue weighted by atomic mass is 35.5. The highest BCUT2D eigenvalue weighted by Crippen LogP contribution is 2.22. The number of benzene rings is 2. The summed E-state index contributed by atoms with van der Waals surface area (Å²) in [5, 5.41) is 5.16. The Hall–Kier alpha value is -1.02. The first kappa shape index (κ1) is 15.4. The monoisotopic (exact) mass is 307 g/mol. The standard InChI is InChI=1S/C17H19Cl2N/c1-3-17(14-5-4-6-15(18)10-14)20-11-13-8-7-12(2)16(19)9-13/h4-10,17,20H,3,11H2,1-2H3. The van der Waals surface area contributed by atoms with E-state index in [0.29, 0.717) is 6.04 Å². The van der Waals surface area contributed by atoms with Gasteiger partial charge in [-0.2, -0.15) is 0 Å². The van der Waals surface area contributed by atoms with Crippen LogP contribution in [0.5, 0.6) is 0 Å². The van der Waals surface area contributed by atoms with Crippen LogP contribution in [0.1, 0.15) is 36.1 Å². The quantitative estimate of drug-likeness (QED) is 0.764. The summed E-state index contributed by atoms with van der Waals surface area (Å²) in [4.78, 5) is 0. The second kappa shape index (κ2) is 7.12. The van der Waals surface area contributed by atoms with Gasteiger partial charge in [0.15, 0.2) is 0 Å². The predicted molar refractivity (Wildman–Crippen MR) is 87.5 cm³/mol. The molecule has 0 aliphatic heterocycles. The maximum Gasteiger partial charge on any atom is 0.0438 e. The molecule has 0 saturated heterocycles. The Kier molecular flexibility index (Phi) is 5.47. The topological polar surface area (TPSA) is 12.0 Å². The van der Waals surface area contributed by atoms with Crippen LogP contribution in [0.15, 0.2) is 42.5 Å². The van der Waals surface area contributed by atoms with Crippen molar-refractivity contribution in [1.82, 2.24) is 5.32 Å². The number of nitrogens with one attached hydrogen (secondary N) is 1. The van der Waals surface area contributed by atoms with E-state index in [4.69, 9.17) is 23.2 Å². The molecule has 2 aromatic rings. The first-order valence-electron chi connectivity index (χ1n) is 6.84. The average Bonchev–Trinajstić information content (AvgIpc) is 2.43. The third-order valence-corrected chi connectivity index (χ3v) is 4.09. The zero-order valence-electron chi connectivity index (χ0n) is 11.8. The van der Waals surface area contributed by atoms with Crippen LogP contribution in [0.4, 0.5) is 0 Å². The minimum Gasteiger partial charge on any atom is -0.306 e. The SMILES string of the molecule is CCC(NCc1ccc(C)c(Cl)c1)c1cccc(Cl)c1. The summed E-state index contributed by atoms with van der Waals surface area (Å²) >= 11 is 12.2. The molecule has 0 fully saturated rings. The Balaban J connectivity index is 2.05. The Morgan fingerprint density at radius 1 is 1.10 bits per heavy atom. The highest BCUT2D eigenvalue weighted by molar-refractivity contribution is 6.31. The molecule has 0 aliphatic rings. The Morgan fingerprint density at radius 2 is 1.90 bits per heavy atom. The molecule has 0 radical (unpaired) electrons. The van der Waals surface area contributed by atoms with Gasteiger partial charge in [-0.25, -0.2) is 0 Å². The molecule has 106 valence electrons. The number of hydrogen-bond acceptors (Lipinski definition) is 1. The van der Waals surface area contributed by atoms with Crippen LogP contribution in [0.25, 0.3) is 0 Å². The van der Waals surface area contributed by atoms with Crippen LogP contribution < -0.4 is 5.32 Å². The van der Waals surface area contributed by atoms with Crippen molar-refractivity contribution in [3.63, 3.8) is 0 Å². The second-order valence-electron chi connectivity index (χ2n) is 4.98. The number of aryl methyl sites for hydroxylation is 1. The van der Waals surface area contributed by atoms with Crippen molar-refractivity contribution in [3.8, 4) is 0 Å². The summed E-state index contributed by atoms with van der Waals surface area (Å²) in [5.74, 6) is 0. The Bertz CT molecular complexity index is 581. The average molecular weight is 308 g/mol. The van der Waals surface area contributed by atoms with E-state index < -0.39 is 0 Å². The van der Waals surface area contributed by atoms with Crippen LogP contribution in [-0.2, 0) is 6.54 Å². The van der Waals surface area contributed by atoms with Gasteiger partial charge in [0.2, 0.25) is 0 Å². The maximum atomic E-state index is 6.16. The van der Waals surface area contributed by atoms with Crippen LogP contribution in [0.2, 0.25) is 10.0 Å². The summed E-state index contributed by atoms with van der Waals surface area (Å²) in [6.45, 7) is 4.98. The van der Waals surface area contributed by atoms with Crippen LogP contribution in [-0.4, -0.2) is 0 Å². The largest absolute Gasteiger partial charge is 0.306 e. The normalized spacial score (nSPS) is 12.4. The van der Waals surface area contributed by atoms with E-state index >= 15 is 0 Å². The lowest BCUT2D eigenvalue weighted by Crippen LogP contribution is -2.20. The van der Waals surface area contributed by atoms with E-state index in [1.807, 2.05) is 31.2 Å². The zero-order chi connectivity index (χ0) is 14.5. The zero-order valence-corrected chi connectivity index (χ0v) is 13.3. The molecule has 20 heavy (non-hydrogen) atoms. The van der Waals surface area contributed by atoms with Crippen LogP contribution in [0, 0.1) is 6.92 Å². The molecule has 2 rings (SSSR count). The van der Waals surface area contributed by atoms with Crippen molar-refractivity contribution in [3.05, 3.63) is 69.2 Å². The third-order valence-electron chi connectivity index (χ3n) is 3.45. The van der Waals surface area contributed by atoms with Gasteiger partial charge in [0.25, 0.3) is 0 Å². The van der Waals surface area contributed by atoms with Gasteiger partial charge >= 0.3 is 0 Å². The molecule has 0 aliphatic carbocycles. The molecule has 0 bridgehead atoms. The van der Waals surface area contributed by atoms with Gasteiger partial charge in [0.1, 0.15) is 0 Å². The third kappa shape index (κ3) is 3.99. The van der Waals surface area contributed by atoms with Crippen molar-refractivity contribution < 1.29 is 0 Å².